The van der Waals surface area contributed by atoms with Gasteiger partial charge < -0.3 is 10.8 Å². The van der Waals surface area contributed by atoms with Crippen LogP contribution in [-0.2, 0) is 0 Å². The van der Waals surface area contributed by atoms with Crippen molar-refractivity contribution < 1.29 is 5.11 Å². The van der Waals surface area contributed by atoms with Gasteiger partial charge in [-0.3, -0.25) is 0 Å². The lowest BCUT2D eigenvalue weighted by Crippen LogP contribution is -2.61. The molecule has 0 spiro atoms. The minimum absolute atomic E-state index is 0.406. The maximum absolute atomic E-state index is 10.5. The molecule has 84 valence electrons. The van der Waals surface area contributed by atoms with Crippen LogP contribution in [0.15, 0.2) is 0 Å². The summed E-state index contributed by atoms with van der Waals surface area (Å²) >= 11 is 1.83. The third-order valence-corrected chi connectivity index (χ3v) is 4.59. The summed E-state index contributed by atoms with van der Waals surface area (Å²) in [7, 11) is 0. The molecule has 2 atom stereocenters. The fourth-order valence-corrected chi connectivity index (χ4v) is 3.31. The molecule has 0 aromatic rings. The van der Waals surface area contributed by atoms with Gasteiger partial charge in [0, 0.05) is 11.3 Å². The first-order valence-corrected chi connectivity index (χ1v) is 6.76. The molecule has 0 bridgehead atoms. The van der Waals surface area contributed by atoms with Crippen molar-refractivity contribution in [3.05, 3.63) is 0 Å². The molecule has 0 radical (unpaired) electrons. The summed E-state index contributed by atoms with van der Waals surface area (Å²) in [5, 5.41) is 10.5. The van der Waals surface area contributed by atoms with Crippen molar-refractivity contribution in [1.29, 1.82) is 0 Å². The van der Waals surface area contributed by atoms with E-state index in [-0.39, 0.29) is 0 Å². The van der Waals surface area contributed by atoms with Crippen LogP contribution < -0.4 is 5.73 Å². The van der Waals surface area contributed by atoms with Gasteiger partial charge in [-0.2, -0.15) is 11.8 Å². The average Bonchev–Trinajstić information content (AvgIpc) is 2.16. The second-order valence-electron chi connectivity index (χ2n) is 4.71. The van der Waals surface area contributed by atoms with E-state index in [1.165, 1.54) is 5.75 Å². The Hall–Kier alpha value is 0.270. The molecule has 0 saturated carbocycles. The predicted octanol–water partition coefficient (Wildman–Crippen LogP) is 2.15. The first-order valence-electron chi connectivity index (χ1n) is 5.61. The summed E-state index contributed by atoms with van der Waals surface area (Å²) in [6.07, 6.45) is 5.16. The fourth-order valence-electron chi connectivity index (χ4n) is 2.01. The van der Waals surface area contributed by atoms with Crippen molar-refractivity contribution in [3.63, 3.8) is 0 Å². The van der Waals surface area contributed by atoms with Gasteiger partial charge >= 0.3 is 0 Å². The maximum atomic E-state index is 10.5. The predicted molar refractivity (Wildman–Crippen MR) is 63.6 cm³/mol. The van der Waals surface area contributed by atoms with E-state index in [1.54, 1.807) is 0 Å². The Bertz CT molecular complexity index is 176. The molecule has 2 nitrogen and oxygen atoms in total. The van der Waals surface area contributed by atoms with Gasteiger partial charge in [-0.05, 0) is 31.9 Å². The number of unbranched alkanes of at least 4 members (excludes halogenated alkanes) is 1. The molecule has 1 fully saturated rings. The lowest BCUT2D eigenvalue weighted by molar-refractivity contribution is -0.0217. The summed E-state index contributed by atoms with van der Waals surface area (Å²) < 4.78 is 0. The van der Waals surface area contributed by atoms with Gasteiger partial charge in [0.05, 0.1) is 5.60 Å². The van der Waals surface area contributed by atoms with E-state index in [2.05, 4.69) is 6.92 Å². The summed E-state index contributed by atoms with van der Waals surface area (Å²) in [4.78, 5) is 0. The minimum Gasteiger partial charge on any atom is -0.387 e. The lowest BCUT2D eigenvalue weighted by Gasteiger charge is -2.44. The zero-order valence-electron chi connectivity index (χ0n) is 9.38. The Morgan fingerprint density at radius 1 is 1.57 bits per heavy atom. The molecule has 1 aliphatic rings. The topological polar surface area (TPSA) is 46.2 Å². The third kappa shape index (κ3) is 2.65. The molecule has 1 heterocycles. The van der Waals surface area contributed by atoms with Crippen LogP contribution in [0.2, 0.25) is 0 Å². The molecule has 1 rings (SSSR count). The van der Waals surface area contributed by atoms with Gasteiger partial charge in [0.25, 0.3) is 0 Å². The van der Waals surface area contributed by atoms with Gasteiger partial charge in [0.2, 0.25) is 0 Å². The second-order valence-corrected chi connectivity index (χ2v) is 5.81. The monoisotopic (exact) mass is 217 g/mol. The lowest BCUT2D eigenvalue weighted by atomic mass is 9.76. The molecule has 2 unspecified atom stereocenters. The van der Waals surface area contributed by atoms with E-state index < -0.39 is 11.1 Å². The van der Waals surface area contributed by atoms with Crippen LogP contribution >= 0.6 is 11.8 Å². The van der Waals surface area contributed by atoms with Crippen LogP contribution in [0.4, 0.5) is 0 Å². The highest BCUT2D eigenvalue weighted by molar-refractivity contribution is 7.99. The van der Waals surface area contributed by atoms with E-state index in [1.807, 2.05) is 18.7 Å². The second kappa shape index (κ2) is 4.86. The average molecular weight is 217 g/mol. The molecule has 0 aliphatic carbocycles. The Kier molecular flexibility index (Phi) is 4.29. The number of hydrogen-bond acceptors (Lipinski definition) is 3. The number of nitrogens with two attached hydrogens (primary N) is 1. The van der Waals surface area contributed by atoms with E-state index in [0.29, 0.717) is 0 Å². The van der Waals surface area contributed by atoms with Gasteiger partial charge in [0.1, 0.15) is 0 Å². The standard InChI is InChI=1S/C11H23NOS/c1-3-4-6-10(2,12)11(13)7-5-8-14-9-11/h13H,3-9,12H2,1-2H3. The largest absolute Gasteiger partial charge is 0.387 e. The van der Waals surface area contributed by atoms with Crippen LogP contribution in [0.25, 0.3) is 0 Å². The van der Waals surface area contributed by atoms with Crippen LogP contribution in [0.1, 0.15) is 46.0 Å². The highest BCUT2D eigenvalue weighted by Gasteiger charge is 2.44. The highest BCUT2D eigenvalue weighted by atomic mass is 32.2. The van der Waals surface area contributed by atoms with Gasteiger partial charge in [-0.1, -0.05) is 19.8 Å². The van der Waals surface area contributed by atoms with Crippen molar-refractivity contribution in [2.24, 2.45) is 5.73 Å². The van der Waals surface area contributed by atoms with Crippen molar-refractivity contribution in [1.82, 2.24) is 0 Å². The summed E-state index contributed by atoms with van der Waals surface area (Å²) in [5.74, 6) is 1.98. The van der Waals surface area contributed by atoms with Crippen LogP contribution in [-0.4, -0.2) is 27.8 Å². The quantitative estimate of drug-likeness (QED) is 0.758. The van der Waals surface area contributed by atoms with Gasteiger partial charge in [-0.15, -0.1) is 0 Å². The molecule has 1 saturated heterocycles. The smallest absolute Gasteiger partial charge is 0.0913 e. The van der Waals surface area contributed by atoms with Crippen molar-refractivity contribution in [2.75, 3.05) is 11.5 Å². The zero-order valence-corrected chi connectivity index (χ0v) is 10.2. The Morgan fingerprint density at radius 3 is 2.79 bits per heavy atom. The number of hydrogen-bond donors (Lipinski definition) is 2. The SMILES string of the molecule is CCCCC(C)(N)C1(O)CCCSC1. The molecule has 3 heteroatoms. The van der Waals surface area contributed by atoms with E-state index in [0.717, 1.165) is 37.9 Å². The van der Waals surface area contributed by atoms with Crippen LogP contribution in [0, 0.1) is 0 Å². The van der Waals surface area contributed by atoms with Gasteiger partial charge in [0.15, 0.2) is 0 Å². The fraction of sp³-hybridized carbons (Fsp3) is 1.00. The Morgan fingerprint density at radius 2 is 2.29 bits per heavy atom. The van der Waals surface area contributed by atoms with Crippen LogP contribution in [0.3, 0.4) is 0 Å². The zero-order chi connectivity index (χ0) is 10.7. The molecule has 3 N–H and O–H groups in total. The molecule has 1 aliphatic heterocycles. The van der Waals surface area contributed by atoms with Crippen molar-refractivity contribution in [3.8, 4) is 0 Å². The summed E-state index contributed by atoms with van der Waals surface area (Å²) in [5.41, 5.74) is 5.21. The normalized spacial score (nSPS) is 32.6. The number of rotatable bonds is 4. The van der Waals surface area contributed by atoms with Crippen LogP contribution in [0.5, 0.6) is 0 Å². The highest BCUT2D eigenvalue weighted by Crippen LogP contribution is 2.36. The first kappa shape index (κ1) is 12.3. The molecule has 0 aromatic carbocycles. The van der Waals surface area contributed by atoms with Gasteiger partial charge in [-0.25, -0.2) is 0 Å². The molecular formula is C11H23NOS. The van der Waals surface area contributed by atoms with E-state index in [4.69, 9.17) is 5.73 Å². The Balaban J connectivity index is 2.57. The minimum atomic E-state index is -0.634. The molecule has 0 amide bonds. The Labute approximate surface area is 91.6 Å². The number of aliphatic hydroxyl groups is 1. The van der Waals surface area contributed by atoms with Crippen molar-refractivity contribution >= 4 is 11.8 Å². The number of thioether (sulfide) groups is 1. The molecule has 14 heavy (non-hydrogen) atoms. The van der Waals surface area contributed by atoms with E-state index in [9.17, 15) is 5.11 Å². The summed E-state index contributed by atoms with van der Waals surface area (Å²) in [6.45, 7) is 4.17. The third-order valence-electron chi connectivity index (χ3n) is 3.33. The maximum Gasteiger partial charge on any atom is 0.0913 e. The molecule has 0 aromatic heterocycles. The van der Waals surface area contributed by atoms with E-state index >= 15 is 0 Å². The molecular weight excluding hydrogens is 194 g/mol. The van der Waals surface area contributed by atoms with Crippen molar-refractivity contribution in [2.45, 2.75) is 57.1 Å². The first-order chi connectivity index (χ1) is 6.52. The summed E-state index contributed by atoms with van der Waals surface area (Å²) in [6, 6.07) is 0.